The summed E-state index contributed by atoms with van der Waals surface area (Å²) < 4.78 is 0. The number of allylic oxidation sites excluding steroid dienone is 2. The van der Waals surface area contributed by atoms with Gasteiger partial charge in [0.15, 0.2) is 5.78 Å². The Hall–Kier alpha value is -1.61. The molecule has 0 spiro atoms. The third-order valence-electron chi connectivity index (χ3n) is 6.48. The first kappa shape index (κ1) is 20.1. The molecule has 0 saturated heterocycles. The number of fused-ring (bicyclic) bond motifs is 3. The Balaban J connectivity index is 2.09. The van der Waals surface area contributed by atoms with Gasteiger partial charge >= 0.3 is 5.97 Å². The Bertz CT molecular complexity index is 834. The lowest BCUT2D eigenvalue weighted by Crippen LogP contribution is -2.28. The molecule has 146 valence electrons. The zero-order valence-electron chi connectivity index (χ0n) is 16.7. The molecule has 0 bridgehead atoms. The maximum absolute atomic E-state index is 12.4. The highest BCUT2D eigenvalue weighted by Crippen LogP contribution is 2.58. The van der Waals surface area contributed by atoms with Crippen molar-refractivity contribution in [1.29, 1.82) is 0 Å². The molecule has 2 aliphatic carbocycles. The maximum atomic E-state index is 12.4. The van der Waals surface area contributed by atoms with Crippen LogP contribution in [0, 0.1) is 10.8 Å². The predicted octanol–water partition coefficient (Wildman–Crippen LogP) is 5.86. The van der Waals surface area contributed by atoms with Crippen molar-refractivity contribution in [3.05, 3.63) is 39.4 Å². The molecule has 1 aromatic carbocycles. The summed E-state index contributed by atoms with van der Waals surface area (Å²) >= 11 is 6.81. The predicted molar refractivity (Wildman–Crippen MR) is 109 cm³/mol. The second-order valence-corrected chi connectivity index (χ2v) is 9.29. The fourth-order valence-electron chi connectivity index (χ4n) is 4.82. The summed E-state index contributed by atoms with van der Waals surface area (Å²) in [5.41, 5.74) is 4.35. The van der Waals surface area contributed by atoms with Gasteiger partial charge in [-0.15, -0.1) is 0 Å². The number of benzene rings is 1. The summed E-state index contributed by atoms with van der Waals surface area (Å²) in [7, 11) is 0. The standard InChI is InChI=1S/C23H29ClO3/c1-5-6-10-23-11-9-18(25)14(2)19(23)16-8-7-15(20(24)17(16)13-23)12-22(3,4)21(26)27/h7-8H,5-6,9-13H2,1-4H3,(H,26,27). The van der Waals surface area contributed by atoms with Crippen molar-refractivity contribution in [2.75, 3.05) is 0 Å². The van der Waals surface area contributed by atoms with Crippen LogP contribution in [-0.4, -0.2) is 16.9 Å². The van der Waals surface area contributed by atoms with E-state index < -0.39 is 11.4 Å². The molecule has 1 N–H and O–H groups in total. The Labute approximate surface area is 166 Å². The summed E-state index contributed by atoms with van der Waals surface area (Å²) in [6.45, 7) is 7.61. The molecule has 0 amide bonds. The van der Waals surface area contributed by atoms with Crippen LogP contribution in [0.3, 0.4) is 0 Å². The molecule has 4 heteroatoms. The number of ketones is 1. The molecule has 0 saturated carbocycles. The summed E-state index contributed by atoms with van der Waals surface area (Å²) in [6.07, 6.45) is 6.10. The molecule has 3 nitrogen and oxygen atoms in total. The molecule has 0 heterocycles. The summed E-state index contributed by atoms with van der Waals surface area (Å²) in [5.74, 6) is -0.575. The minimum absolute atomic E-state index is 0.0148. The van der Waals surface area contributed by atoms with E-state index in [-0.39, 0.29) is 11.2 Å². The Morgan fingerprint density at radius 1 is 1.33 bits per heavy atom. The number of aliphatic carboxylic acids is 1. The van der Waals surface area contributed by atoms with Crippen LogP contribution in [0.25, 0.3) is 5.57 Å². The molecule has 0 radical (unpaired) electrons. The first-order valence-electron chi connectivity index (χ1n) is 9.91. The molecule has 0 aromatic heterocycles. The van der Waals surface area contributed by atoms with Gasteiger partial charge in [0.2, 0.25) is 0 Å². The van der Waals surface area contributed by atoms with E-state index in [2.05, 4.69) is 13.0 Å². The van der Waals surface area contributed by atoms with Crippen LogP contribution in [0.5, 0.6) is 0 Å². The highest BCUT2D eigenvalue weighted by atomic mass is 35.5. The number of halogens is 1. The number of carboxylic acid groups (broad SMARTS) is 1. The third-order valence-corrected chi connectivity index (χ3v) is 6.95. The van der Waals surface area contributed by atoms with Crippen LogP contribution in [0.4, 0.5) is 0 Å². The van der Waals surface area contributed by atoms with E-state index in [4.69, 9.17) is 11.6 Å². The quantitative estimate of drug-likeness (QED) is 0.663. The molecular weight excluding hydrogens is 360 g/mol. The van der Waals surface area contributed by atoms with E-state index in [1.165, 1.54) is 5.57 Å². The molecule has 1 atom stereocenters. The number of carbonyl (C=O) groups excluding carboxylic acids is 1. The van der Waals surface area contributed by atoms with Crippen LogP contribution in [0.2, 0.25) is 5.02 Å². The molecule has 3 rings (SSSR count). The molecule has 1 unspecified atom stereocenters. The lowest BCUT2D eigenvalue weighted by Gasteiger charge is -2.36. The first-order chi connectivity index (χ1) is 12.6. The number of Topliss-reactive ketones (excluding diaryl/α,β-unsaturated/α-hetero) is 1. The van der Waals surface area contributed by atoms with Crippen molar-refractivity contribution in [1.82, 2.24) is 0 Å². The molecule has 27 heavy (non-hydrogen) atoms. The number of rotatable bonds is 6. The molecular formula is C23H29ClO3. The second kappa shape index (κ2) is 7.09. The molecule has 0 fully saturated rings. The van der Waals surface area contributed by atoms with E-state index in [9.17, 15) is 14.7 Å². The molecule has 0 aliphatic heterocycles. The van der Waals surface area contributed by atoms with E-state index in [0.29, 0.717) is 17.9 Å². The van der Waals surface area contributed by atoms with Gasteiger partial charge in [-0.3, -0.25) is 9.59 Å². The van der Waals surface area contributed by atoms with Crippen molar-refractivity contribution < 1.29 is 14.7 Å². The third kappa shape index (κ3) is 3.35. The minimum atomic E-state index is -0.867. The summed E-state index contributed by atoms with van der Waals surface area (Å²) in [4.78, 5) is 24.0. The number of hydrogen-bond donors (Lipinski definition) is 1. The number of carbonyl (C=O) groups is 2. The lowest BCUT2D eigenvalue weighted by atomic mass is 9.67. The van der Waals surface area contributed by atoms with Gasteiger partial charge in [-0.1, -0.05) is 43.5 Å². The van der Waals surface area contributed by atoms with E-state index in [0.717, 1.165) is 54.4 Å². The fraction of sp³-hybridized carbons (Fsp3) is 0.565. The van der Waals surface area contributed by atoms with Crippen LogP contribution in [0.15, 0.2) is 17.7 Å². The van der Waals surface area contributed by atoms with Gasteiger partial charge in [-0.05, 0) is 74.3 Å². The van der Waals surface area contributed by atoms with Crippen LogP contribution < -0.4 is 0 Å². The normalized spacial score (nSPS) is 22.0. The van der Waals surface area contributed by atoms with Crippen molar-refractivity contribution in [3.63, 3.8) is 0 Å². The van der Waals surface area contributed by atoms with Gasteiger partial charge in [-0.2, -0.15) is 0 Å². The minimum Gasteiger partial charge on any atom is -0.481 e. The first-order valence-corrected chi connectivity index (χ1v) is 10.3. The monoisotopic (exact) mass is 388 g/mol. The molecule has 1 aromatic rings. The van der Waals surface area contributed by atoms with E-state index in [1.54, 1.807) is 13.8 Å². The number of hydrogen-bond acceptors (Lipinski definition) is 2. The van der Waals surface area contributed by atoms with Gasteiger partial charge in [-0.25, -0.2) is 0 Å². The van der Waals surface area contributed by atoms with Crippen molar-refractivity contribution in [2.24, 2.45) is 10.8 Å². The average Bonchev–Trinajstić information content (AvgIpc) is 2.95. The Morgan fingerprint density at radius 3 is 2.67 bits per heavy atom. The number of carboxylic acids is 1. The molecule has 2 aliphatic rings. The topological polar surface area (TPSA) is 54.4 Å². The van der Waals surface area contributed by atoms with E-state index in [1.807, 2.05) is 13.0 Å². The largest absolute Gasteiger partial charge is 0.481 e. The van der Waals surface area contributed by atoms with Gasteiger partial charge in [0, 0.05) is 16.9 Å². The lowest BCUT2D eigenvalue weighted by molar-refractivity contribution is -0.146. The van der Waals surface area contributed by atoms with Crippen molar-refractivity contribution in [3.8, 4) is 0 Å². The van der Waals surface area contributed by atoms with Gasteiger partial charge in [0.05, 0.1) is 5.41 Å². The smallest absolute Gasteiger partial charge is 0.309 e. The van der Waals surface area contributed by atoms with Crippen molar-refractivity contribution in [2.45, 2.75) is 72.6 Å². The van der Waals surface area contributed by atoms with Crippen LogP contribution in [0.1, 0.15) is 76.5 Å². The maximum Gasteiger partial charge on any atom is 0.309 e. The summed E-state index contributed by atoms with van der Waals surface area (Å²) in [6, 6.07) is 4.03. The zero-order valence-corrected chi connectivity index (χ0v) is 17.5. The summed E-state index contributed by atoms with van der Waals surface area (Å²) in [5, 5.41) is 10.2. The average molecular weight is 389 g/mol. The van der Waals surface area contributed by atoms with Gasteiger partial charge < -0.3 is 5.11 Å². The SMILES string of the molecule is CCCCC12CCC(=O)C(C)=C1c1ccc(CC(C)(C)C(=O)O)c(Cl)c1C2. The Morgan fingerprint density at radius 2 is 2.04 bits per heavy atom. The highest BCUT2D eigenvalue weighted by molar-refractivity contribution is 6.32. The zero-order chi connectivity index (χ0) is 20.0. The second-order valence-electron chi connectivity index (χ2n) is 8.91. The van der Waals surface area contributed by atoms with Crippen LogP contribution in [-0.2, 0) is 22.4 Å². The van der Waals surface area contributed by atoms with Crippen LogP contribution >= 0.6 is 11.6 Å². The fourth-order valence-corrected chi connectivity index (χ4v) is 5.12. The van der Waals surface area contributed by atoms with Gasteiger partial charge in [0.25, 0.3) is 0 Å². The van der Waals surface area contributed by atoms with Crippen molar-refractivity contribution >= 4 is 28.9 Å². The van der Waals surface area contributed by atoms with E-state index >= 15 is 0 Å². The Kier molecular flexibility index (Phi) is 5.28. The number of unbranched alkanes of at least 4 members (excludes halogenated alkanes) is 1. The van der Waals surface area contributed by atoms with Gasteiger partial charge in [0.1, 0.15) is 0 Å². The highest BCUT2D eigenvalue weighted by Gasteiger charge is 2.46.